The minimum atomic E-state index is -0.219. The van der Waals surface area contributed by atoms with Crippen LogP contribution in [0.25, 0.3) is 0 Å². The summed E-state index contributed by atoms with van der Waals surface area (Å²) >= 11 is 10.6. The normalized spacial score (nSPS) is 10.7. The number of ether oxygens (including phenoxy) is 3. The summed E-state index contributed by atoms with van der Waals surface area (Å²) in [6.07, 6.45) is -0.150. The fourth-order valence-corrected chi connectivity index (χ4v) is 1.29. The van der Waals surface area contributed by atoms with Gasteiger partial charge in [0, 0.05) is 21.3 Å². The van der Waals surface area contributed by atoms with Crippen LogP contribution in [-0.4, -0.2) is 60.0 Å². The quantitative estimate of drug-likeness (QED) is 0.415. The lowest BCUT2D eigenvalue weighted by molar-refractivity contribution is -0.0178. The van der Waals surface area contributed by atoms with Crippen molar-refractivity contribution in [1.82, 2.24) is 0 Å². The number of thiol groups is 3. The summed E-state index contributed by atoms with van der Waals surface area (Å²) in [6.45, 7) is 1.83. The van der Waals surface area contributed by atoms with Gasteiger partial charge in [-0.15, -0.1) is 0 Å². The van der Waals surface area contributed by atoms with Crippen molar-refractivity contribution in [3.63, 3.8) is 0 Å². The van der Waals surface area contributed by atoms with E-state index < -0.39 is 0 Å². The van der Waals surface area contributed by atoms with E-state index in [2.05, 4.69) is 51.3 Å². The first kappa shape index (κ1) is 21.1. The van der Waals surface area contributed by atoms with Crippen molar-refractivity contribution in [3.8, 4) is 0 Å². The van der Waals surface area contributed by atoms with E-state index in [0.29, 0.717) is 26.4 Å². The van der Waals surface area contributed by atoms with Crippen LogP contribution in [0.15, 0.2) is 0 Å². The Hall–Kier alpha value is 0.810. The van der Waals surface area contributed by atoms with Crippen LogP contribution in [0.5, 0.6) is 0 Å². The second-order valence-electron chi connectivity index (χ2n) is 3.09. The molecule has 0 amide bonds. The SMILES string of the molecule is COCC(COC)OC.SOCC(COS)OS. The molecule has 112 valence electrons. The van der Waals surface area contributed by atoms with Crippen LogP contribution in [0.3, 0.4) is 0 Å². The highest BCUT2D eigenvalue weighted by molar-refractivity contribution is 7.75. The van der Waals surface area contributed by atoms with E-state index in [0.717, 1.165) is 0 Å². The standard InChI is InChI=1S/C6H14O3.C3H8O3S3/c1-7-4-6(9-3)5-8-2;7-4-1-3(6-9)2-5-8/h6H,4-5H2,1-3H3;3,7-9H,1-2H2. The summed E-state index contributed by atoms with van der Waals surface area (Å²) in [6, 6.07) is 0. The Balaban J connectivity index is 0. The second kappa shape index (κ2) is 17.8. The third-order valence-electron chi connectivity index (χ3n) is 1.71. The molecule has 0 aromatic carbocycles. The molecule has 0 radical (unpaired) electrons. The van der Waals surface area contributed by atoms with E-state index in [1.54, 1.807) is 21.3 Å². The molecule has 0 saturated carbocycles. The van der Waals surface area contributed by atoms with Crippen LogP contribution in [-0.2, 0) is 26.8 Å². The van der Waals surface area contributed by atoms with Crippen molar-refractivity contribution in [1.29, 1.82) is 0 Å². The third kappa shape index (κ3) is 14.9. The molecule has 0 aliphatic rings. The van der Waals surface area contributed by atoms with Gasteiger partial charge >= 0.3 is 0 Å². The minimum Gasteiger partial charge on any atom is -0.382 e. The van der Waals surface area contributed by atoms with Crippen LogP contribution >= 0.6 is 38.7 Å². The Morgan fingerprint density at radius 2 is 1.17 bits per heavy atom. The first-order valence-electron chi connectivity index (χ1n) is 5.03. The summed E-state index contributed by atoms with van der Waals surface area (Å²) in [5.74, 6) is 0. The lowest BCUT2D eigenvalue weighted by Gasteiger charge is -2.11. The van der Waals surface area contributed by atoms with E-state index >= 15 is 0 Å². The molecule has 6 nitrogen and oxygen atoms in total. The van der Waals surface area contributed by atoms with Gasteiger partial charge in [0.2, 0.25) is 0 Å². The van der Waals surface area contributed by atoms with Gasteiger partial charge in [0.1, 0.15) is 12.2 Å². The zero-order valence-corrected chi connectivity index (χ0v) is 13.5. The van der Waals surface area contributed by atoms with Crippen molar-refractivity contribution in [2.24, 2.45) is 0 Å². The van der Waals surface area contributed by atoms with Crippen LogP contribution in [0.2, 0.25) is 0 Å². The highest BCUT2D eigenvalue weighted by Crippen LogP contribution is 1.99. The molecular formula is C9H22O6S3. The van der Waals surface area contributed by atoms with Crippen LogP contribution in [0, 0.1) is 0 Å². The van der Waals surface area contributed by atoms with E-state index in [1.807, 2.05) is 0 Å². The Bertz CT molecular complexity index is 126. The number of hydrogen-bond acceptors (Lipinski definition) is 9. The van der Waals surface area contributed by atoms with Crippen molar-refractivity contribution in [2.75, 3.05) is 47.8 Å². The lowest BCUT2D eigenvalue weighted by Crippen LogP contribution is -2.22. The van der Waals surface area contributed by atoms with Gasteiger partial charge in [-0.2, -0.15) is 0 Å². The molecule has 0 heterocycles. The van der Waals surface area contributed by atoms with Crippen molar-refractivity contribution in [2.45, 2.75) is 12.2 Å². The van der Waals surface area contributed by atoms with E-state index in [1.165, 1.54) is 0 Å². The van der Waals surface area contributed by atoms with Crippen molar-refractivity contribution in [3.05, 3.63) is 0 Å². The molecular weight excluding hydrogens is 300 g/mol. The molecule has 0 N–H and O–H groups in total. The van der Waals surface area contributed by atoms with Gasteiger partial charge in [0.25, 0.3) is 0 Å². The topological polar surface area (TPSA) is 55.4 Å². The van der Waals surface area contributed by atoms with E-state index in [-0.39, 0.29) is 12.2 Å². The second-order valence-corrected chi connectivity index (χ2v) is 3.81. The predicted molar refractivity (Wildman–Crippen MR) is 78.3 cm³/mol. The molecule has 0 aromatic heterocycles. The molecule has 0 aliphatic heterocycles. The Labute approximate surface area is 125 Å². The maximum atomic E-state index is 4.98. The molecule has 9 heteroatoms. The lowest BCUT2D eigenvalue weighted by atomic mass is 10.4. The summed E-state index contributed by atoms with van der Waals surface area (Å²) in [5.41, 5.74) is 0. The highest BCUT2D eigenvalue weighted by atomic mass is 32.1. The van der Waals surface area contributed by atoms with Crippen LogP contribution < -0.4 is 0 Å². The molecule has 0 bridgehead atoms. The molecule has 0 aromatic rings. The van der Waals surface area contributed by atoms with Gasteiger partial charge in [0.15, 0.2) is 0 Å². The number of hydrogen-bond donors (Lipinski definition) is 3. The van der Waals surface area contributed by atoms with E-state index in [4.69, 9.17) is 14.2 Å². The number of rotatable bonds is 10. The molecule has 0 aliphatic carbocycles. The molecule has 0 rings (SSSR count). The molecule has 0 atom stereocenters. The van der Waals surface area contributed by atoms with Crippen molar-refractivity contribution < 1.29 is 26.8 Å². The maximum Gasteiger partial charge on any atom is 0.121 e. The molecule has 0 saturated heterocycles. The average molecular weight is 322 g/mol. The monoisotopic (exact) mass is 322 g/mol. The maximum absolute atomic E-state index is 4.98. The zero-order valence-electron chi connectivity index (χ0n) is 10.8. The smallest absolute Gasteiger partial charge is 0.121 e. The van der Waals surface area contributed by atoms with Gasteiger partial charge in [-0.1, -0.05) is 0 Å². The molecule has 0 spiro atoms. The summed E-state index contributed by atoms with van der Waals surface area (Å²) in [7, 11) is 4.92. The van der Waals surface area contributed by atoms with Gasteiger partial charge < -0.3 is 26.8 Å². The Morgan fingerprint density at radius 3 is 1.39 bits per heavy atom. The fraction of sp³-hybridized carbons (Fsp3) is 1.00. The van der Waals surface area contributed by atoms with Gasteiger partial charge in [-0.25, -0.2) is 0 Å². The number of methoxy groups -OCH3 is 3. The molecule has 0 unspecified atom stereocenters. The summed E-state index contributed by atoms with van der Waals surface area (Å²) in [5, 5.41) is 0. The largest absolute Gasteiger partial charge is 0.382 e. The van der Waals surface area contributed by atoms with Gasteiger partial charge in [0.05, 0.1) is 26.4 Å². The average Bonchev–Trinajstić information content (AvgIpc) is 2.39. The van der Waals surface area contributed by atoms with Gasteiger partial charge in [-0.05, 0) is 38.7 Å². The van der Waals surface area contributed by atoms with Crippen molar-refractivity contribution >= 4 is 38.7 Å². The first-order chi connectivity index (χ1) is 8.69. The van der Waals surface area contributed by atoms with Gasteiger partial charge in [-0.3, -0.25) is 0 Å². The zero-order chi connectivity index (χ0) is 14.2. The minimum absolute atomic E-state index is 0.0694. The predicted octanol–water partition coefficient (Wildman–Crippen LogP) is 1.23. The molecule has 0 fully saturated rings. The van der Waals surface area contributed by atoms with E-state index in [9.17, 15) is 0 Å². The Kier molecular flexibility index (Phi) is 20.9. The summed E-state index contributed by atoms with van der Waals surface area (Å²) < 4.78 is 28.2. The third-order valence-corrected chi connectivity index (χ3v) is 2.30. The Morgan fingerprint density at radius 1 is 0.722 bits per heavy atom. The van der Waals surface area contributed by atoms with Crippen LogP contribution in [0.4, 0.5) is 0 Å². The fourth-order valence-electron chi connectivity index (χ4n) is 0.831. The van der Waals surface area contributed by atoms with Crippen LogP contribution in [0.1, 0.15) is 0 Å². The first-order valence-corrected chi connectivity index (χ1v) is 6.13. The summed E-state index contributed by atoms with van der Waals surface area (Å²) in [4.78, 5) is 0. The highest BCUT2D eigenvalue weighted by Gasteiger charge is 2.06. The molecule has 18 heavy (non-hydrogen) atoms.